The number of rotatable bonds is 4. The van der Waals surface area contributed by atoms with Gasteiger partial charge in [-0.05, 0) is 19.2 Å². The minimum atomic E-state index is 0.662. The molecule has 0 aliphatic rings. The van der Waals surface area contributed by atoms with Crippen LogP contribution in [0.15, 0.2) is 30.6 Å². The van der Waals surface area contributed by atoms with Crippen LogP contribution in [0.2, 0.25) is 5.02 Å². The lowest BCUT2D eigenvalue weighted by Crippen LogP contribution is -2.06. The van der Waals surface area contributed by atoms with Crippen LogP contribution in [0.5, 0.6) is 11.5 Å². The van der Waals surface area contributed by atoms with E-state index in [4.69, 9.17) is 16.3 Å². The molecule has 1 aromatic carbocycles. The average Bonchev–Trinajstić information content (AvgIpc) is 2.69. The molecule has 17 heavy (non-hydrogen) atoms. The van der Waals surface area contributed by atoms with Gasteiger partial charge in [0.05, 0.1) is 12.4 Å². The molecule has 5 heteroatoms. The zero-order valence-corrected chi connectivity index (χ0v) is 10.5. The number of aromatic nitrogens is 2. The summed E-state index contributed by atoms with van der Waals surface area (Å²) in [5.41, 5.74) is 0.945. The smallest absolute Gasteiger partial charge is 0.165 e. The normalized spacial score (nSPS) is 10.5. The van der Waals surface area contributed by atoms with E-state index < -0.39 is 0 Å². The van der Waals surface area contributed by atoms with Crippen molar-refractivity contribution in [1.82, 2.24) is 15.1 Å². The summed E-state index contributed by atoms with van der Waals surface area (Å²) in [7, 11) is 3.72. The third kappa shape index (κ3) is 2.78. The number of nitrogens with zero attached hydrogens (tertiary/aromatic N) is 2. The van der Waals surface area contributed by atoms with Crippen molar-refractivity contribution in [2.24, 2.45) is 7.05 Å². The predicted octanol–water partition coefficient (Wildman–Crippen LogP) is 2.59. The highest BCUT2D eigenvalue weighted by Gasteiger charge is 2.09. The molecule has 0 aliphatic carbocycles. The number of aryl methyl sites for hydroxylation is 1. The highest BCUT2D eigenvalue weighted by molar-refractivity contribution is 6.31. The van der Waals surface area contributed by atoms with Crippen LogP contribution in [0.25, 0.3) is 0 Å². The molecule has 0 saturated heterocycles. The molecule has 1 heterocycles. The van der Waals surface area contributed by atoms with Crippen LogP contribution in [0.1, 0.15) is 5.56 Å². The number of hydrogen-bond acceptors (Lipinski definition) is 3. The van der Waals surface area contributed by atoms with Crippen molar-refractivity contribution >= 4 is 11.6 Å². The molecule has 0 aliphatic heterocycles. The van der Waals surface area contributed by atoms with Crippen LogP contribution in [-0.4, -0.2) is 16.8 Å². The van der Waals surface area contributed by atoms with Crippen LogP contribution in [0, 0.1) is 0 Å². The summed E-state index contributed by atoms with van der Waals surface area (Å²) in [5, 5.41) is 7.82. The number of hydrogen-bond donors (Lipinski definition) is 1. The minimum absolute atomic E-state index is 0.662. The number of nitrogens with one attached hydrogen (secondary N) is 1. The summed E-state index contributed by atoms with van der Waals surface area (Å²) in [6, 6.07) is 5.61. The largest absolute Gasteiger partial charge is 0.454 e. The van der Waals surface area contributed by atoms with Crippen molar-refractivity contribution in [3.8, 4) is 11.5 Å². The maximum absolute atomic E-state index is 6.14. The molecule has 0 fully saturated rings. The zero-order valence-electron chi connectivity index (χ0n) is 9.77. The second-order valence-electron chi connectivity index (χ2n) is 3.70. The van der Waals surface area contributed by atoms with Gasteiger partial charge in [0.1, 0.15) is 5.75 Å². The molecule has 0 atom stereocenters. The minimum Gasteiger partial charge on any atom is -0.454 e. The topological polar surface area (TPSA) is 39.1 Å². The Labute approximate surface area is 105 Å². The molecular formula is C12H14ClN3O. The Morgan fingerprint density at radius 2 is 2.29 bits per heavy atom. The Balaban J connectivity index is 2.28. The molecule has 4 nitrogen and oxygen atoms in total. The lowest BCUT2D eigenvalue weighted by Gasteiger charge is -2.10. The van der Waals surface area contributed by atoms with Gasteiger partial charge in [-0.3, -0.25) is 4.68 Å². The predicted molar refractivity (Wildman–Crippen MR) is 67.5 cm³/mol. The number of ether oxygens (including phenoxy) is 1. The summed E-state index contributed by atoms with van der Waals surface area (Å²) in [6.45, 7) is 0.662. The van der Waals surface area contributed by atoms with Gasteiger partial charge in [-0.15, -0.1) is 0 Å². The van der Waals surface area contributed by atoms with Crippen molar-refractivity contribution in [1.29, 1.82) is 0 Å². The quantitative estimate of drug-likeness (QED) is 0.908. The average molecular weight is 252 g/mol. The first-order valence-electron chi connectivity index (χ1n) is 5.29. The molecule has 0 saturated carbocycles. The summed E-state index contributed by atoms with van der Waals surface area (Å²) in [6.07, 6.45) is 3.48. The lowest BCUT2D eigenvalue weighted by atomic mass is 10.2. The third-order valence-electron chi connectivity index (χ3n) is 2.34. The molecular weight excluding hydrogens is 238 g/mol. The van der Waals surface area contributed by atoms with Gasteiger partial charge in [-0.1, -0.05) is 17.7 Å². The molecule has 0 radical (unpaired) electrons. The lowest BCUT2D eigenvalue weighted by molar-refractivity contribution is 0.474. The molecule has 1 N–H and O–H groups in total. The second kappa shape index (κ2) is 5.21. The van der Waals surface area contributed by atoms with E-state index in [0.717, 1.165) is 11.3 Å². The van der Waals surface area contributed by atoms with E-state index in [2.05, 4.69) is 10.4 Å². The van der Waals surface area contributed by atoms with Crippen LogP contribution < -0.4 is 10.1 Å². The number of benzene rings is 1. The van der Waals surface area contributed by atoms with Crippen LogP contribution in [-0.2, 0) is 13.6 Å². The Kier molecular flexibility index (Phi) is 3.66. The summed E-state index contributed by atoms with van der Waals surface area (Å²) < 4.78 is 7.45. The summed E-state index contributed by atoms with van der Waals surface area (Å²) in [4.78, 5) is 0. The molecule has 90 valence electrons. The SMILES string of the molecule is CNCc1c(Cl)cccc1Oc1cnn(C)c1. The highest BCUT2D eigenvalue weighted by atomic mass is 35.5. The Hall–Kier alpha value is -1.52. The molecule has 0 amide bonds. The Bertz CT molecular complexity index is 510. The van der Waals surface area contributed by atoms with Crippen LogP contribution in [0.3, 0.4) is 0 Å². The van der Waals surface area contributed by atoms with Crippen molar-refractivity contribution in [3.05, 3.63) is 41.2 Å². The van der Waals surface area contributed by atoms with Crippen LogP contribution >= 0.6 is 11.6 Å². The van der Waals surface area contributed by atoms with Gasteiger partial charge in [0.25, 0.3) is 0 Å². The Morgan fingerprint density at radius 3 is 2.94 bits per heavy atom. The standard InChI is InChI=1S/C12H14ClN3O/c1-14-7-10-11(13)4-3-5-12(10)17-9-6-15-16(2)8-9/h3-6,8,14H,7H2,1-2H3. The first-order valence-corrected chi connectivity index (χ1v) is 5.67. The van der Waals surface area contributed by atoms with Crippen molar-refractivity contribution in [2.75, 3.05) is 7.05 Å². The molecule has 0 spiro atoms. The molecule has 2 aromatic rings. The summed E-state index contributed by atoms with van der Waals surface area (Å²) in [5.74, 6) is 1.45. The monoisotopic (exact) mass is 251 g/mol. The van der Waals surface area contributed by atoms with E-state index in [1.54, 1.807) is 10.9 Å². The molecule has 0 bridgehead atoms. The third-order valence-corrected chi connectivity index (χ3v) is 2.69. The van der Waals surface area contributed by atoms with Crippen molar-refractivity contribution in [2.45, 2.75) is 6.54 Å². The number of halogens is 1. The maximum atomic E-state index is 6.14. The van der Waals surface area contributed by atoms with Gasteiger partial charge >= 0.3 is 0 Å². The fourth-order valence-corrected chi connectivity index (χ4v) is 1.79. The second-order valence-corrected chi connectivity index (χ2v) is 4.11. The van der Waals surface area contributed by atoms with Gasteiger partial charge in [0.15, 0.2) is 5.75 Å². The zero-order chi connectivity index (χ0) is 12.3. The van der Waals surface area contributed by atoms with Gasteiger partial charge in [0.2, 0.25) is 0 Å². The first kappa shape index (κ1) is 12.0. The van der Waals surface area contributed by atoms with E-state index in [9.17, 15) is 0 Å². The fraction of sp³-hybridized carbons (Fsp3) is 0.250. The van der Waals surface area contributed by atoms with E-state index in [-0.39, 0.29) is 0 Å². The van der Waals surface area contributed by atoms with Crippen molar-refractivity contribution in [3.63, 3.8) is 0 Å². The van der Waals surface area contributed by atoms with E-state index in [1.807, 2.05) is 38.5 Å². The Morgan fingerprint density at radius 1 is 1.47 bits per heavy atom. The van der Waals surface area contributed by atoms with Crippen LogP contribution in [0.4, 0.5) is 0 Å². The fourth-order valence-electron chi connectivity index (χ4n) is 1.56. The summed E-state index contributed by atoms with van der Waals surface area (Å²) >= 11 is 6.14. The molecule has 0 unspecified atom stereocenters. The van der Waals surface area contributed by atoms with E-state index in [0.29, 0.717) is 17.3 Å². The van der Waals surface area contributed by atoms with Gasteiger partial charge < -0.3 is 10.1 Å². The van der Waals surface area contributed by atoms with Gasteiger partial charge in [-0.2, -0.15) is 5.10 Å². The highest BCUT2D eigenvalue weighted by Crippen LogP contribution is 2.29. The molecule has 2 rings (SSSR count). The van der Waals surface area contributed by atoms with E-state index >= 15 is 0 Å². The maximum Gasteiger partial charge on any atom is 0.165 e. The first-order chi connectivity index (χ1) is 8.20. The molecule has 1 aromatic heterocycles. The van der Waals surface area contributed by atoms with Gasteiger partial charge in [-0.25, -0.2) is 0 Å². The van der Waals surface area contributed by atoms with Gasteiger partial charge in [0, 0.05) is 24.2 Å². The van der Waals surface area contributed by atoms with Crippen molar-refractivity contribution < 1.29 is 4.74 Å². The van der Waals surface area contributed by atoms with E-state index in [1.165, 1.54) is 0 Å².